The van der Waals surface area contributed by atoms with E-state index in [-0.39, 0.29) is 5.60 Å². The zero-order valence-electron chi connectivity index (χ0n) is 21.7. The summed E-state index contributed by atoms with van der Waals surface area (Å²) in [5.41, 5.74) is 5.41. The summed E-state index contributed by atoms with van der Waals surface area (Å²) in [7, 11) is 1.70. The van der Waals surface area contributed by atoms with Gasteiger partial charge in [0.15, 0.2) is 0 Å². The summed E-state index contributed by atoms with van der Waals surface area (Å²) < 4.78 is 7.05. The molecule has 0 aromatic heterocycles. The Hall–Kier alpha value is -0.870. The van der Waals surface area contributed by atoms with Crippen molar-refractivity contribution in [3.63, 3.8) is 0 Å². The van der Waals surface area contributed by atoms with Crippen LogP contribution in [0, 0.1) is 40.9 Å². The van der Waals surface area contributed by atoms with Gasteiger partial charge >= 0.3 is 0 Å². The molecule has 0 radical (unpaired) electrons. The van der Waals surface area contributed by atoms with E-state index < -0.39 is 0 Å². The quantitative estimate of drug-likeness (QED) is 0.384. The molecule has 0 amide bonds. The molecule has 10 atom stereocenters. The SMILES string of the molecule is CON=C1CC[C@@]2(C)[C@H](CC[C@H]3[C@@H]4CC[C@@]5(CC(C)=C4C[C@@H]32)O[C@@H]2C[C@H](C)CN[C@H]2[C@H]5C)C1. The molecule has 6 aliphatic rings. The lowest BCUT2D eigenvalue weighted by Crippen LogP contribution is -2.48. The van der Waals surface area contributed by atoms with Crippen LogP contribution in [-0.4, -0.2) is 37.1 Å². The molecule has 2 saturated heterocycles. The van der Waals surface area contributed by atoms with Gasteiger partial charge in [-0.1, -0.05) is 37.1 Å². The van der Waals surface area contributed by atoms with Gasteiger partial charge in [-0.05, 0) is 113 Å². The molecule has 1 N–H and O–H groups in total. The van der Waals surface area contributed by atoms with Gasteiger partial charge < -0.3 is 14.9 Å². The Morgan fingerprint density at radius 2 is 1.97 bits per heavy atom. The van der Waals surface area contributed by atoms with Crippen molar-refractivity contribution in [1.29, 1.82) is 0 Å². The van der Waals surface area contributed by atoms with Crippen molar-refractivity contribution < 1.29 is 9.57 Å². The first-order chi connectivity index (χ1) is 15.8. The highest BCUT2D eigenvalue weighted by molar-refractivity contribution is 5.85. The molecule has 0 aromatic rings. The van der Waals surface area contributed by atoms with E-state index in [1.54, 1.807) is 12.7 Å². The lowest BCUT2D eigenvalue weighted by atomic mass is 9.52. The third-order valence-electron chi connectivity index (χ3n) is 11.7. The van der Waals surface area contributed by atoms with Gasteiger partial charge in [-0.2, -0.15) is 0 Å². The molecule has 0 bridgehead atoms. The van der Waals surface area contributed by atoms with E-state index in [4.69, 9.17) is 9.57 Å². The normalized spacial score (nSPS) is 52.8. The highest BCUT2D eigenvalue weighted by Crippen LogP contribution is 2.65. The molecule has 2 heterocycles. The van der Waals surface area contributed by atoms with E-state index in [2.05, 4.69) is 38.2 Å². The second-order valence-corrected chi connectivity index (χ2v) is 13.2. The van der Waals surface area contributed by atoms with Crippen LogP contribution in [-0.2, 0) is 9.57 Å². The molecule has 5 fully saturated rings. The summed E-state index contributed by atoms with van der Waals surface area (Å²) in [5.74, 6) is 4.72. The van der Waals surface area contributed by atoms with Gasteiger partial charge in [-0.15, -0.1) is 0 Å². The number of rotatable bonds is 1. The largest absolute Gasteiger partial charge is 0.399 e. The van der Waals surface area contributed by atoms with Gasteiger partial charge in [0, 0.05) is 12.0 Å². The summed E-state index contributed by atoms with van der Waals surface area (Å²) in [6.07, 6.45) is 13.2. The summed E-state index contributed by atoms with van der Waals surface area (Å²) in [5, 5.41) is 8.23. The Kier molecular flexibility index (Phi) is 5.53. The third kappa shape index (κ3) is 3.40. The predicted molar refractivity (Wildman–Crippen MR) is 133 cm³/mol. The Balaban J connectivity index is 1.25. The number of hydrogen-bond acceptors (Lipinski definition) is 4. The number of piperidine rings is 1. The van der Waals surface area contributed by atoms with Crippen molar-refractivity contribution in [3.05, 3.63) is 11.1 Å². The Labute approximate surface area is 201 Å². The number of nitrogens with one attached hydrogen (secondary N) is 1. The number of hydrogen-bond donors (Lipinski definition) is 1. The van der Waals surface area contributed by atoms with E-state index in [0.29, 0.717) is 23.5 Å². The van der Waals surface area contributed by atoms with E-state index in [1.807, 2.05) is 5.57 Å². The van der Waals surface area contributed by atoms with Crippen LogP contribution in [0.15, 0.2) is 16.3 Å². The van der Waals surface area contributed by atoms with Crippen LogP contribution in [0.4, 0.5) is 0 Å². The minimum atomic E-state index is 0.0702. The number of nitrogens with zero attached hydrogens (tertiary/aromatic N) is 1. The van der Waals surface area contributed by atoms with E-state index >= 15 is 0 Å². The van der Waals surface area contributed by atoms with Crippen LogP contribution in [0.2, 0.25) is 0 Å². The smallest absolute Gasteiger partial charge is 0.106 e. The molecule has 4 aliphatic carbocycles. The Bertz CT molecular complexity index is 851. The van der Waals surface area contributed by atoms with Gasteiger partial charge in [-0.3, -0.25) is 0 Å². The maximum Gasteiger partial charge on any atom is 0.106 e. The zero-order valence-corrected chi connectivity index (χ0v) is 21.7. The highest BCUT2D eigenvalue weighted by atomic mass is 16.6. The van der Waals surface area contributed by atoms with Crippen LogP contribution in [0.3, 0.4) is 0 Å². The van der Waals surface area contributed by atoms with Gasteiger partial charge in [-0.25, -0.2) is 0 Å². The number of allylic oxidation sites excluding steroid dienone is 1. The molecule has 4 nitrogen and oxygen atoms in total. The Morgan fingerprint density at radius 3 is 2.79 bits per heavy atom. The van der Waals surface area contributed by atoms with Gasteiger partial charge in [0.25, 0.3) is 0 Å². The number of ether oxygens (including phenoxy) is 1. The van der Waals surface area contributed by atoms with Crippen LogP contribution < -0.4 is 5.32 Å². The highest BCUT2D eigenvalue weighted by Gasteiger charge is 2.59. The van der Waals surface area contributed by atoms with Crippen molar-refractivity contribution >= 4 is 5.71 Å². The summed E-state index contributed by atoms with van der Waals surface area (Å²) in [6, 6.07) is 0.559. The van der Waals surface area contributed by atoms with Crippen molar-refractivity contribution in [2.45, 2.75) is 110 Å². The van der Waals surface area contributed by atoms with Crippen molar-refractivity contribution in [3.8, 4) is 0 Å². The van der Waals surface area contributed by atoms with E-state index in [9.17, 15) is 0 Å². The lowest BCUT2D eigenvalue weighted by molar-refractivity contribution is -0.0734. The number of oxime groups is 1. The van der Waals surface area contributed by atoms with Crippen LogP contribution in [0.1, 0.15) is 91.9 Å². The third-order valence-corrected chi connectivity index (χ3v) is 11.7. The van der Waals surface area contributed by atoms with Gasteiger partial charge in [0.2, 0.25) is 0 Å². The van der Waals surface area contributed by atoms with E-state index in [0.717, 1.165) is 42.6 Å². The molecule has 2 aliphatic heterocycles. The molecule has 6 rings (SSSR count). The van der Waals surface area contributed by atoms with E-state index in [1.165, 1.54) is 63.5 Å². The molecule has 0 aromatic carbocycles. The molecule has 184 valence electrons. The predicted octanol–water partition coefficient (Wildman–Crippen LogP) is 6.11. The minimum Gasteiger partial charge on any atom is -0.399 e. The first-order valence-corrected chi connectivity index (χ1v) is 14.0. The maximum absolute atomic E-state index is 7.05. The summed E-state index contributed by atoms with van der Waals surface area (Å²) >= 11 is 0. The zero-order chi connectivity index (χ0) is 23.0. The fraction of sp³-hybridized carbons (Fsp3) is 0.897. The molecule has 1 spiro atoms. The fourth-order valence-electron chi connectivity index (χ4n) is 9.84. The fourth-order valence-corrected chi connectivity index (χ4v) is 9.84. The molecular weight excluding hydrogens is 408 g/mol. The molecule has 4 heteroatoms. The van der Waals surface area contributed by atoms with Crippen molar-refractivity contribution in [2.24, 2.45) is 46.1 Å². The van der Waals surface area contributed by atoms with Gasteiger partial charge in [0.1, 0.15) is 7.11 Å². The molecule has 0 unspecified atom stereocenters. The first-order valence-electron chi connectivity index (χ1n) is 14.0. The topological polar surface area (TPSA) is 42.9 Å². The molecule has 3 saturated carbocycles. The lowest BCUT2D eigenvalue weighted by Gasteiger charge is -2.52. The molecular formula is C29H46N2O2. The minimum absolute atomic E-state index is 0.0702. The first kappa shape index (κ1) is 22.6. The van der Waals surface area contributed by atoms with Crippen LogP contribution in [0.25, 0.3) is 0 Å². The van der Waals surface area contributed by atoms with Crippen LogP contribution >= 0.6 is 0 Å². The maximum atomic E-state index is 7.05. The monoisotopic (exact) mass is 454 g/mol. The summed E-state index contributed by atoms with van der Waals surface area (Å²) in [4.78, 5) is 5.15. The molecule has 33 heavy (non-hydrogen) atoms. The standard InChI is InChI=1S/C29H46N2O2/c1-17-12-26-27(30-16-17)19(3)29(33-26)11-9-22-23-7-6-20-13-21(31-32-5)8-10-28(20,4)25(23)14-24(22)18(2)15-29/h17,19-20,22-23,25-27,30H,6-16H2,1-5H3/t17-,19+,20+,22-,23-,25-,26+,27-,28-,29-/m0/s1. The van der Waals surface area contributed by atoms with Crippen molar-refractivity contribution in [2.75, 3.05) is 13.7 Å². The second kappa shape index (κ2) is 8.08. The number of fused-ring (bicyclic) bond motifs is 6. The van der Waals surface area contributed by atoms with Gasteiger partial charge in [0.05, 0.1) is 17.4 Å². The summed E-state index contributed by atoms with van der Waals surface area (Å²) in [6.45, 7) is 11.1. The average Bonchev–Trinajstić information content (AvgIpc) is 3.24. The average molecular weight is 455 g/mol. The Morgan fingerprint density at radius 1 is 1.12 bits per heavy atom. The van der Waals surface area contributed by atoms with Crippen LogP contribution in [0.5, 0.6) is 0 Å². The van der Waals surface area contributed by atoms with Crippen molar-refractivity contribution in [1.82, 2.24) is 5.32 Å². The second-order valence-electron chi connectivity index (χ2n) is 13.2.